The van der Waals surface area contributed by atoms with Gasteiger partial charge in [-0.05, 0) is 63.2 Å². The molecule has 3 aliphatic carbocycles. The van der Waals surface area contributed by atoms with E-state index in [1.54, 1.807) is 0 Å². The second kappa shape index (κ2) is 6.91. The molecule has 2 saturated carbocycles. The van der Waals surface area contributed by atoms with Gasteiger partial charge in [0.1, 0.15) is 11.2 Å². The van der Waals surface area contributed by atoms with Crippen LogP contribution in [0.1, 0.15) is 66.7 Å². The fourth-order valence-electron chi connectivity index (χ4n) is 7.46. The van der Waals surface area contributed by atoms with Crippen LogP contribution in [0.2, 0.25) is 0 Å². The molecule has 0 aromatic heterocycles. The summed E-state index contributed by atoms with van der Waals surface area (Å²) in [5.41, 5.74) is -0.854. The van der Waals surface area contributed by atoms with Crippen LogP contribution in [0.25, 0.3) is 0 Å². The lowest BCUT2D eigenvalue weighted by Crippen LogP contribution is -2.62. The van der Waals surface area contributed by atoms with Gasteiger partial charge in [-0.15, -0.1) is 0 Å². The van der Waals surface area contributed by atoms with Gasteiger partial charge in [-0.2, -0.15) is 0 Å². The Hall–Kier alpha value is -1.20. The SMILES string of the molecule is CC1=C[C@@H]2[C@@H]3[C@H](CC(=O)[C@]24C(=O)N[C@@H](CC(C)C)[C@@H]4[C@@H]1C)C[C@H](O)CC[C@@]3(C)O. The maximum absolute atomic E-state index is 13.8. The highest BCUT2D eigenvalue weighted by Gasteiger charge is 2.71. The number of nitrogens with one attached hydrogen (secondary N) is 1. The Morgan fingerprint density at radius 2 is 1.97 bits per heavy atom. The van der Waals surface area contributed by atoms with Gasteiger partial charge >= 0.3 is 0 Å². The van der Waals surface area contributed by atoms with Crippen molar-refractivity contribution in [1.29, 1.82) is 0 Å². The van der Waals surface area contributed by atoms with Crippen LogP contribution >= 0.6 is 0 Å². The van der Waals surface area contributed by atoms with E-state index in [1.165, 1.54) is 5.57 Å². The molecule has 3 N–H and O–H groups in total. The van der Waals surface area contributed by atoms with Crippen molar-refractivity contribution in [3.05, 3.63) is 11.6 Å². The number of aliphatic hydroxyl groups is 2. The summed E-state index contributed by atoms with van der Waals surface area (Å²) >= 11 is 0. The largest absolute Gasteiger partial charge is 0.393 e. The summed E-state index contributed by atoms with van der Waals surface area (Å²) in [7, 11) is 0. The van der Waals surface area contributed by atoms with Crippen LogP contribution in [0.4, 0.5) is 0 Å². The van der Waals surface area contributed by atoms with Gasteiger partial charge in [0.25, 0.3) is 0 Å². The third kappa shape index (κ3) is 2.95. The van der Waals surface area contributed by atoms with Crippen molar-refractivity contribution in [3.8, 4) is 0 Å². The fourth-order valence-corrected chi connectivity index (χ4v) is 7.46. The van der Waals surface area contributed by atoms with Crippen molar-refractivity contribution in [2.75, 3.05) is 0 Å². The molecular weight excluding hydrogens is 366 g/mol. The van der Waals surface area contributed by atoms with Crippen LogP contribution < -0.4 is 5.32 Å². The van der Waals surface area contributed by atoms with Gasteiger partial charge in [-0.1, -0.05) is 32.4 Å². The third-order valence-corrected chi connectivity index (χ3v) is 8.68. The minimum atomic E-state index is -1.07. The molecule has 1 aliphatic heterocycles. The molecular formula is C24H37NO4. The third-order valence-electron chi connectivity index (χ3n) is 8.68. The number of Topliss-reactive ketones (excluding diaryl/α,β-unsaturated/α-hetero) is 1. The van der Waals surface area contributed by atoms with Gasteiger partial charge in [0.05, 0.1) is 11.7 Å². The minimum Gasteiger partial charge on any atom is -0.393 e. The van der Waals surface area contributed by atoms with E-state index in [2.05, 4.69) is 39.1 Å². The zero-order chi connectivity index (χ0) is 21.3. The summed E-state index contributed by atoms with van der Waals surface area (Å²) in [6, 6.07) is -0.00883. The van der Waals surface area contributed by atoms with Crippen molar-refractivity contribution in [2.24, 2.45) is 40.9 Å². The first-order valence-electron chi connectivity index (χ1n) is 11.4. The zero-order valence-corrected chi connectivity index (χ0v) is 18.4. The van der Waals surface area contributed by atoms with E-state index < -0.39 is 17.1 Å². The number of carbonyl (C=O) groups excluding carboxylic acids is 2. The van der Waals surface area contributed by atoms with E-state index in [-0.39, 0.29) is 53.7 Å². The van der Waals surface area contributed by atoms with Gasteiger partial charge in [0.15, 0.2) is 0 Å². The fraction of sp³-hybridized carbons (Fsp3) is 0.833. The summed E-state index contributed by atoms with van der Waals surface area (Å²) in [6.07, 6.45) is 4.36. The van der Waals surface area contributed by atoms with Crippen molar-refractivity contribution in [1.82, 2.24) is 5.32 Å². The number of rotatable bonds is 2. The van der Waals surface area contributed by atoms with Gasteiger partial charge < -0.3 is 15.5 Å². The number of carbonyl (C=O) groups is 2. The quantitative estimate of drug-likeness (QED) is 0.489. The van der Waals surface area contributed by atoms with Crippen LogP contribution in [0.3, 0.4) is 0 Å². The lowest BCUT2D eigenvalue weighted by atomic mass is 9.45. The van der Waals surface area contributed by atoms with E-state index in [4.69, 9.17) is 0 Å². The first-order valence-corrected chi connectivity index (χ1v) is 11.4. The minimum absolute atomic E-state index is 0.00883. The number of aliphatic hydroxyl groups excluding tert-OH is 1. The number of hydrogen-bond acceptors (Lipinski definition) is 4. The Kier molecular flexibility index (Phi) is 5.02. The van der Waals surface area contributed by atoms with Crippen molar-refractivity contribution >= 4 is 11.7 Å². The van der Waals surface area contributed by atoms with Crippen molar-refractivity contribution < 1.29 is 19.8 Å². The van der Waals surface area contributed by atoms with Gasteiger partial charge in [-0.25, -0.2) is 0 Å². The van der Waals surface area contributed by atoms with Crippen LogP contribution in [0.15, 0.2) is 11.6 Å². The van der Waals surface area contributed by atoms with E-state index in [1.807, 2.05) is 6.92 Å². The molecule has 0 radical (unpaired) electrons. The molecule has 4 aliphatic rings. The Morgan fingerprint density at radius 3 is 2.62 bits per heavy atom. The topological polar surface area (TPSA) is 86.6 Å². The van der Waals surface area contributed by atoms with Crippen LogP contribution in [0, 0.1) is 40.9 Å². The molecule has 4 rings (SSSR count). The van der Waals surface area contributed by atoms with Crippen LogP contribution in [-0.2, 0) is 9.59 Å². The molecule has 9 atom stereocenters. The normalized spacial score (nSPS) is 49.7. The molecule has 3 fully saturated rings. The highest BCUT2D eigenvalue weighted by molar-refractivity contribution is 6.09. The Balaban J connectivity index is 1.88. The van der Waals surface area contributed by atoms with E-state index in [0.717, 1.165) is 6.42 Å². The predicted octanol–water partition coefficient (Wildman–Crippen LogP) is 2.85. The van der Waals surface area contributed by atoms with Gasteiger partial charge in [0.2, 0.25) is 5.91 Å². The molecule has 29 heavy (non-hydrogen) atoms. The van der Waals surface area contributed by atoms with Crippen molar-refractivity contribution in [2.45, 2.75) is 84.5 Å². The van der Waals surface area contributed by atoms with Crippen LogP contribution in [0.5, 0.6) is 0 Å². The van der Waals surface area contributed by atoms with Gasteiger partial charge in [-0.3, -0.25) is 9.59 Å². The Bertz CT molecular complexity index is 741. The molecule has 0 aromatic rings. The van der Waals surface area contributed by atoms with E-state index >= 15 is 0 Å². The molecule has 5 heteroatoms. The summed E-state index contributed by atoms with van der Waals surface area (Å²) in [4.78, 5) is 27.3. The smallest absolute Gasteiger partial charge is 0.234 e. The molecule has 1 amide bonds. The number of hydrogen-bond donors (Lipinski definition) is 3. The molecule has 1 saturated heterocycles. The molecule has 0 aromatic carbocycles. The van der Waals surface area contributed by atoms with Crippen LogP contribution in [-0.4, -0.2) is 39.7 Å². The Labute approximate surface area is 174 Å². The zero-order valence-electron chi connectivity index (χ0n) is 18.4. The van der Waals surface area contributed by atoms with Crippen molar-refractivity contribution in [3.63, 3.8) is 0 Å². The summed E-state index contributed by atoms with van der Waals surface area (Å²) in [5.74, 6) is -0.162. The standard InChI is InChI=1S/C24H37NO4/c1-12(2)8-18-20-14(4)13(3)9-17-21-15(10-16(26)6-7-23(21,5)29)11-19(27)24(17,20)22(28)25-18/h9,12,14-18,20-21,26,29H,6-8,10-11H2,1-5H3,(H,25,28)/t14-,15+,16-,17-,18+,20+,21+,23-,24-/m1/s1. The Morgan fingerprint density at radius 1 is 1.28 bits per heavy atom. The first-order chi connectivity index (χ1) is 13.5. The average Bonchev–Trinajstić information content (AvgIpc) is 2.82. The molecule has 0 bridgehead atoms. The summed E-state index contributed by atoms with van der Waals surface area (Å²) < 4.78 is 0. The monoisotopic (exact) mass is 403 g/mol. The molecule has 0 unspecified atom stereocenters. The lowest BCUT2D eigenvalue weighted by Gasteiger charge is -2.55. The lowest BCUT2D eigenvalue weighted by molar-refractivity contribution is -0.165. The molecule has 5 nitrogen and oxygen atoms in total. The number of ketones is 1. The highest BCUT2D eigenvalue weighted by atomic mass is 16.3. The highest BCUT2D eigenvalue weighted by Crippen LogP contribution is 2.63. The first kappa shape index (κ1) is 21.0. The second-order valence-corrected chi connectivity index (χ2v) is 11.0. The number of fused-ring (bicyclic) bond motifs is 2. The molecule has 162 valence electrons. The summed E-state index contributed by atoms with van der Waals surface area (Å²) in [5, 5.41) is 25.1. The molecule has 1 spiro atoms. The van der Waals surface area contributed by atoms with Gasteiger partial charge in [0, 0.05) is 24.3 Å². The number of allylic oxidation sites excluding steroid dienone is 2. The molecule has 1 heterocycles. The second-order valence-electron chi connectivity index (χ2n) is 11.0. The maximum atomic E-state index is 13.8. The predicted molar refractivity (Wildman–Crippen MR) is 111 cm³/mol. The van der Waals surface area contributed by atoms with E-state index in [9.17, 15) is 19.8 Å². The van der Waals surface area contributed by atoms with E-state index in [0.29, 0.717) is 25.2 Å². The summed E-state index contributed by atoms with van der Waals surface area (Å²) in [6.45, 7) is 10.4. The maximum Gasteiger partial charge on any atom is 0.234 e. The number of amides is 1. The average molecular weight is 404 g/mol.